The van der Waals surface area contributed by atoms with Gasteiger partial charge in [-0.1, -0.05) is 30.3 Å². The zero-order valence-corrected chi connectivity index (χ0v) is 13.1. The lowest BCUT2D eigenvalue weighted by atomic mass is 9.81. The molecule has 1 aliphatic heterocycles. The second kappa shape index (κ2) is 7.11. The van der Waals surface area contributed by atoms with Crippen LogP contribution in [0.5, 0.6) is 0 Å². The van der Waals surface area contributed by atoms with Crippen LogP contribution in [0.1, 0.15) is 31.2 Å². The molecule has 0 unspecified atom stereocenters. The number of carbonyl (C=O) groups excluding carboxylic acids is 1. The van der Waals surface area contributed by atoms with Crippen molar-refractivity contribution >= 4 is 12.0 Å². The number of carboxylic acid groups (broad SMARTS) is 1. The van der Waals surface area contributed by atoms with Crippen molar-refractivity contribution in [3.63, 3.8) is 0 Å². The molecule has 3 atom stereocenters. The lowest BCUT2D eigenvalue weighted by Gasteiger charge is -2.43. The molecule has 1 aliphatic rings. The van der Waals surface area contributed by atoms with Gasteiger partial charge < -0.3 is 15.3 Å². The molecule has 24 heavy (non-hydrogen) atoms. The van der Waals surface area contributed by atoms with Crippen molar-refractivity contribution in [2.24, 2.45) is 0 Å². The first-order chi connectivity index (χ1) is 11.2. The third kappa shape index (κ3) is 4.39. The number of rotatable bonds is 4. The number of hydrogen-bond donors (Lipinski definition) is 2. The minimum Gasteiger partial charge on any atom is -0.465 e. The molecule has 1 aromatic carbocycles. The molecule has 1 aromatic rings. The lowest BCUT2D eigenvalue weighted by Crippen LogP contribution is -2.58. The Morgan fingerprint density at radius 1 is 1.33 bits per heavy atom. The average molecular weight is 344 g/mol. The van der Waals surface area contributed by atoms with E-state index >= 15 is 0 Å². The largest absolute Gasteiger partial charge is 0.465 e. The first-order valence-electron chi connectivity index (χ1n) is 7.60. The van der Waals surface area contributed by atoms with Gasteiger partial charge in [-0.05, 0) is 18.9 Å². The second-order valence-corrected chi connectivity index (χ2v) is 5.89. The number of carbonyl (C=O) groups is 2. The van der Waals surface area contributed by atoms with Gasteiger partial charge in [-0.25, -0.2) is 4.79 Å². The van der Waals surface area contributed by atoms with Crippen LogP contribution in [0.3, 0.4) is 0 Å². The number of halogens is 3. The van der Waals surface area contributed by atoms with Gasteiger partial charge in [-0.2, -0.15) is 13.2 Å². The molecule has 8 heteroatoms. The summed E-state index contributed by atoms with van der Waals surface area (Å²) in [7, 11) is 0. The average Bonchev–Trinajstić information content (AvgIpc) is 2.49. The number of nitrogens with one attached hydrogen (secondary N) is 1. The number of benzene rings is 1. The van der Waals surface area contributed by atoms with Crippen LogP contribution in [0.2, 0.25) is 0 Å². The van der Waals surface area contributed by atoms with E-state index < -0.39 is 43.2 Å². The van der Waals surface area contributed by atoms with Crippen LogP contribution in [-0.4, -0.2) is 46.8 Å². The number of likely N-dealkylation sites (tertiary alicyclic amines) is 1. The summed E-state index contributed by atoms with van der Waals surface area (Å²) in [5.41, 5.74) is 0.867. The second-order valence-electron chi connectivity index (χ2n) is 5.89. The predicted molar refractivity (Wildman–Crippen MR) is 80.6 cm³/mol. The van der Waals surface area contributed by atoms with Crippen LogP contribution in [0.4, 0.5) is 18.0 Å². The third-order valence-corrected chi connectivity index (χ3v) is 4.31. The molecule has 132 valence electrons. The molecule has 0 bridgehead atoms. The van der Waals surface area contributed by atoms with Crippen molar-refractivity contribution in [1.82, 2.24) is 10.2 Å². The van der Waals surface area contributed by atoms with Crippen LogP contribution in [-0.2, 0) is 4.79 Å². The Balaban J connectivity index is 2.26. The third-order valence-electron chi connectivity index (χ3n) is 4.31. The molecular weight excluding hydrogens is 325 g/mol. The number of amides is 2. The summed E-state index contributed by atoms with van der Waals surface area (Å²) in [6, 6.07) is 7.59. The SMILES string of the molecule is C[C@@H]1[C@H](c2ccccc2)C[C@H](NC(=O)O)C(=O)N1CCC(F)(F)F. The van der Waals surface area contributed by atoms with Crippen molar-refractivity contribution in [3.05, 3.63) is 35.9 Å². The smallest absolute Gasteiger partial charge is 0.405 e. The van der Waals surface area contributed by atoms with Crippen LogP contribution < -0.4 is 5.32 Å². The Morgan fingerprint density at radius 3 is 2.50 bits per heavy atom. The first-order valence-corrected chi connectivity index (χ1v) is 7.60. The minimum absolute atomic E-state index is 0.221. The van der Waals surface area contributed by atoms with Gasteiger partial charge in [0.2, 0.25) is 5.91 Å². The van der Waals surface area contributed by atoms with Gasteiger partial charge in [0, 0.05) is 18.5 Å². The van der Waals surface area contributed by atoms with Gasteiger partial charge in [0.1, 0.15) is 6.04 Å². The van der Waals surface area contributed by atoms with E-state index in [1.54, 1.807) is 19.1 Å². The quantitative estimate of drug-likeness (QED) is 0.882. The van der Waals surface area contributed by atoms with Crippen molar-refractivity contribution in [2.45, 2.75) is 43.9 Å². The maximum absolute atomic E-state index is 12.5. The highest BCUT2D eigenvalue weighted by molar-refractivity contribution is 5.86. The minimum atomic E-state index is -4.38. The van der Waals surface area contributed by atoms with Gasteiger partial charge in [0.05, 0.1) is 6.42 Å². The molecule has 1 heterocycles. The van der Waals surface area contributed by atoms with E-state index in [4.69, 9.17) is 5.11 Å². The lowest BCUT2D eigenvalue weighted by molar-refractivity contribution is -0.151. The molecule has 0 saturated carbocycles. The van der Waals surface area contributed by atoms with E-state index in [2.05, 4.69) is 5.32 Å². The normalized spacial score (nSPS) is 24.8. The van der Waals surface area contributed by atoms with Crippen LogP contribution in [0, 0.1) is 0 Å². The van der Waals surface area contributed by atoms with Crippen molar-refractivity contribution < 1.29 is 27.9 Å². The van der Waals surface area contributed by atoms with Crippen molar-refractivity contribution in [1.29, 1.82) is 0 Å². The van der Waals surface area contributed by atoms with Gasteiger partial charge in [-0.15, -0.1) is 0 Å². The highest BCUT2D eigenvalue weighted by atomic mass is 19.4. The Kier molecular flexibility index (Phi) is 5.36. The summed E-state index contributed by atoms with van der Waals surface area (Å²) in [6.45, 7) is 1.22. The van der Waals surface area contributed by atoms with Crippen LogP contribution in [0.25, 0.3) is 0 Å². The highest BCUT2D eigenvalue weighted by Gasteiger charge is 2.42. The molecule has 0 spiro atoms. The van der Waals surface area contributed by atoms with Gasteiger partial charge in [0.25, 0.3) is 0 Å². The summed E-state index contributed by atoms with van der Waals surface area (Å²) >= 11 is 0. The summed E-state index contributed by atoms with van der Waals surface area (Å²) < 4.78 is 37.6. The zero-order chi connectivity index (χ0) is 17.9. The first kappa shape index (κ1) is 18.1. The van der Waals surface area contributed by atoms with Crippen molar-refractivity contribution in [2.75, 3.05) is 6.54 Å². The summed E-state index contributed by atoms with van der Waals surface area (Å²) in [4.78, 5) is 24.4. The molecule has 1 saturated heterocycles. The fraction of sp³-hybridized carbons (Fsp3) is 0.500. The molecular formula is C16H19F3N2O3. The van der Waals surface area contributed by atoms with Gasteiger partial charge >= 0.3 is 12.3 Å². The van der Waals surface area contributed by atoms with E-state index in [1.807, 2.05) is 18.2 Å². The maximum Gasteiger partial charge on any atom is 0.405 e. The van der Waals surface area contributed by atoms with E-state index in [0.29, 0.717) is 0 Å². The zero-order valence-electron chi connectivity index (χ0n) is 13.1. The highest BCUT2D eigenvalue weighted by Crippen LogP contribution is 2.34. The van der Waals surface area contributed by atoms with E-state index in [1.165, 1.54) is 0 Å². The Bertz CT molecular complexity index is 592. The molecule has 2 N–H and O–H groups in total. The molecule has 2 rings (SSSR count). The molecule has 1 fully saturated rings. The number of hydrogen-bond acceptors (Lipinski definition) is 2. The van der Waals surface area contributed by atoms with Gasteiger partial charge in [0.15, 0.2) is 0 Å². The number of nitrogens with zero attached hydrogens (tertiary/aromatic N) is 1. The Morgan fingerprint density at radius 2 is 1.96 bits per heavy atom. The summed E-state index contributed by atoms with van der Waals surface area (Å²) in [5.74, 6) is -0.852. The van der Waals surface area contributed by atoms with Crippen LogP contribution in [0.15, 0.2) is 30.3 Å². The summed E-state index contributed by atoms with van der Waals surface area (Å²) in [5, 5.41) is 11.0. The fourth-order valence-corrected chi connectivity index (χ4v) is 3.12. The molecule has 0 radical (unpaired) electrons. The monoisotopic (exact) mass is 344 g/mol. The van der Waals surface area contributed by atoms with E-state index in [0.717, 1.165) is 10.5 Å². The van der Waals surface area contributed by atoms with E-state index in [-0.39, 0.29) is 12.3 Å². The molecule has 2 amide bonds. The van der Waals surface area contributed by atoms with E-state index in [9.17, 15) is 22.8 Å². The molecule has 5 nitrogen and oxygen atoms in total. The predicted octanol–water partition coefficient (Wildman–Crippen LogP) is 2.98. The standard InChI is InChI=1S/C16H19F3N2O3/c1-10-12(11-5-3-2-4-6-11)9-13(20-15(23)24)14(22)21(10)8-7-16(17,18)19/h2-6,10,12-13,20H,7-9H2,1H3,(H,23,24)/t10-,12-,13+/m1/s1. The van der Waals surface area contributed by atoms with Crippen LogP contribution >= 0.6 is 0 Å². The fourth-order valence-electron chi connectivity index (χ4n) is 3.12. The number of piperidine rings is 1. The number of alkyl halides is 3. The topological polar surface area (TPSA) is 69.6 Å². The van der Waals surface area contributed by atoms with Crippen molar-refractivity contribution in [3.8, 4) is 0 Å². The maximum atomic E-state index is 12.5. The Labute approximate surface area is 137 Å². The Hall–Kier alpha value is -2.25. The molecule has 0 aromatic heterocycles. The molecule has 0 aliphatic carbocycles. The summed E-state index contributed by atoms with van der Waals surface area (Å²) in [6.07, 6.45) is -6.65. The van der Waals surface area contributed by atoms with Gasteiger partial charge in [-0.3, -0.25) is 4.79 Å².